The highest BCUT2D eigenvalue weighted by molar-refractivity contribution is 6.21. The summed E-state index contributed by atoms with van der Waals surface area (Å²) in [5.74, 6) is -0.169. The summed E-state index contributed by atoms with van der Waals surface area (Å²) < 4.78 is 19.5. The number of amides is 2. The van der Waals surface area contributed by atoms with E-state index in [9.17, 15) is 24.2 Å². The van der Waals surface area contributed by atoms with Gasteiger partial charge in [-0.05, 0) is 76.5 Å². The minimum Gasteiger partial charge on any atom is -0.392 e. The molecule has 3 unspecified atom stereocenters. The molecule has 1 saturated heterocycles. The zero-order valence-electron chi connectivity index (χ0n) is 20.8. The monoisotopic (exact) mass is 548 g/mol. The van der Waals surface area contributed by atoms with Gasteiger partial charge in [-0.25, -0.2) is 4.39 Å². The molecule has 204 valence electrons. The molecular weight excluding hydrogens is 510 g/mol. The molecule has 6 rings (SSSR count). The normalized spacial score (nSPS) is 44.1. The molecule has 1 heterocycles. The number of aliphatic hydroxyl groups is 2. The van der Waals surface area contributed by atoms with Crippen LogP contribution in [0.15, 0.2) is 0 Å². The van der Waals surface area contributed by atoms with Gasteiger partial charge >= 0.3 is 0 Å². The molecule has 3 N–H and O–H groups in total. The van der Waals surface area contributed by atoms with Gasteiger partial charge < -0.3 is 25.2 Å². The summed E-state index contributed by atoms with van der Waals surface area (Å²) in [6, 6.07) is 0. The lowest BCUT2D eigenvalue weighted by Gasteiger charge is -2.59. The van der Waals surface area contributed by atoms with Crippen LogP contribution in [0.1, 0.15) is 77.0 Å². The molecule has 36 heavy (non-hydrogen) atoms. The van der Waals surface area contributed by atoms with Gasteiger partial charge in [-0.2, -0.15) is 0 Å². The maximum atomic E-state index is 13.8. The molecule has 5 aliphatic carbocycles. The van der Waals surface area contributed by atoms with Crippen molar-refractivity contribution in [3.8, 4) is 0 Å². The number of alkyl halides is 3. The van der Waals surface area contributed by atoms with Crippen LogP contribution in [0, 0.1) is 11.3 Å². The van der Waals surface area contributed by atoms with E-state index in [4.69, 9.17) is 27.9 Å². The van der Waals surface area contributed by atoms with Crippen LogP contribution >= 0.6 is 23.2 Å². The first-order valence-corrected chi connectivity index (χ1v) is 14.5. The summed E-state index contributed by atoms with van der Waals surface area (Å²) in [6.45, 7) is 0.495. The Labute approximate surface area is 222 Å². The quantitative estimate of drug-likeness (QED) is 0.443. The van der Waals surface area contributed by atoms with Gasteiger partial charge in [-0.1, -0.05) is 0 Å². The van der Waals surface area contributed by atoms with E-state index < -0.39 is 34.2 Å². The van der Waals surface area contributed by atoms with Gasteiger partial charge in [0.2, 0.25) is 11.8 Å². The van der Waals surface area contributed by atoms with Gasteiger partial charge in [0.15, 0.2) is 0 Å². The Balaban J connectivity index is 1.11. The van der Waals surface area contributed by atoms with Crippen molar-refractivity contribution in [2.75, 3.05) is 19.7 Å². The summed E-state index contributed by atoms with van der Waals surface area (Å²) in [4.78, 5) is 27.9. The van der Waals surface area contributed by atoms with Crippen LogP contribution in [-0.2, 0) is 14.3 Å². The predicted molar refractivity (Wildman–Crippen MR) is 134 cm³/mol. The molecule has 5 saturated carbocycles. The highest BCUT2D eigenvalue weighted by Gasteiger charge is 2.61. The summed E-state index contributed by atoms with van der Waals surface area (Å²) in [5, 5.41) is 25.0. The fraction of sp³-hybridized carbons (Fsp3) is 0.923. The van der Waals surface area contributed by atoms with Crippen LogP contribution in [0.4, 0.5) is 4.39 Å². The fourth-order valence-electron chi connectivity index (χ4n) is 7.45. The topological polar surface area (TPSA) is 99.1 Å². The third-order valence-corrected chi connectivity index (χ3v) is 10.8. The highest BCUT2D eigenvalue weighted by atomic mass is 35.5. The van der Waals surface area contributed by atoms with Crippen molar-refractivity contribution in [2.24, 2.45) is 11.3 Å². The molecule has 0 aromatic carbocycles. The number of hydrogen-bond acceptors (Lipinski definition) is 5. The number of halogens is 3. The van der Waals surface area contributed by atoms with Crippen LogP contribution < -0.4 is 5.32 Å². The second kappa shape index (κ2) is 10.1. The lowest BCUT2D eigenvalue weighted by molar-refractivity contribution is -0.194. The Kier molecular flexibility index (Phi) is 7.58. The van der Waals surface area contributed by atoms with Crippen LogP contribution in [0.2, 0.25) is 0 Å². The standard InChI is InChI=1S/C26H39Cl2FN2O5/c27-17-3-1-16(2-4-17)26(35)14-31(15-26)23(34)25-9-7-24(8-10-25,12-21(25)32)30-22(33)13-36-18-5-6-19(28)20(29)11-18/h16-21,32,35H,1-15H2,(H,30,33)/t16?,17?,18?,19?,20?,21-,24?,25?/m0/s1. The third kappa shape index (κ3) is 5.02. The first-order chi connectivity index (χ1) is 17.0. The number of nitrogens with one attached hydrogen (secondary N) is 1. The molecule has 4 atom stereocenters. The molecule has 2 bridgehead atoms. The van der Waals surface area contributed by atoms with Crippen LogP contribution in [0.5, 0.6) is 0 Å². The Bertz CT molecular complexity index is 840. The van der Waals surface area contributed by atoms with Crippen molar-refractivity contribution in [3.63, 3.8) is 0 Å². The van der Waals surface area contributed by atoms with Crippen molar-refractivity contribution in [1.82, 2.24) is 10.2 Å². The van der Waals surface area contributed by atoms with Gasteiger partial charge in [-0.3, -0.25) is 9.59 Å². The first kappa shape index (κ1) is 26.9. The van der Waals surface area contributed by atoms with E-state index in [-0.39, 0.29) is 42.2 Å². The van der Waals surface area contributed by atoms with Crippen molar-refractivity contribution in [2.45, 2.75) is 117 Å². The average molecular weight is 550 g/mol. The Hall–Kier alpha value is -0.670. The molecular formula is C26H39Cl2FN2O5. The minimum absolute atomic E-state index is 0.0654. The highest BCUT2D eigenvalue weighted by Crippen LogP contribution is 2.54. The van der Waals surface area contributed by atoms with E-state index in [1.54, 1.807) is 4.90 Å². The number of hydrogen-bond donors (Lipinski definition) is 3. The maximum absolute atomic E-state index is 13.8. The van der Waals surface area contributed by atoms with Gasteiger partial charge in [-0.15, -0.1) is 23.2 Å². The zero-order chi connectivity index (χ0) is 25.7. The summed E-state index contributed by atoms with van der Waals surface area (Å²) >= 11 is 12.1. The number of rotatable bonds is 6. The largest absolute Gasteiger partial charge is 0.392 e. The third-order valence-electron chi connectivity index (χ3n) is 9.88. The Morgan fingerprint density at radius 2 is 1.69 bits per heavy atom. The molecule has 0 radical (unpaired) electrons. The number of ether oxygens (including phenoxy) is 1. The molecule has 6 aliphatic rings. The van der Waals surface area contributed by atoms with E-state index in [0.29, 0.717) is 58.0 Å². The number of β-amino-alcohol motifs (C(OH)–C–C–N with tert-alkyl or cyclic N) is 1. The maximum Gasteiger partial charge on any atom is 0.246 e. The minimum atomic E-state index is -1.12. The van der Waals surface area contributed by atoms with Crippen LogP contribution in [0.25, 0.3) is 0 Å². The molecule has 0 aromatic heterocycles. The zero-order valence-corrected chi connectivity index (χ0v) is 22.3. The number of carbonyl (C=O) groups is 2. The molecule has 1 aliphatic heterocycles. The van der Waals surface area contributed by atoms with Gasteiger partial charge in [0.05, 0.1) is 36.1 Å². The van der Waals surface area contributed by atoms with E-state index in [1.165, 1.54) is 0 Å². The van der Waals surface area contributed by atoms with Crippen molar-refractivity contribution >= 4 is 35.0 Å². The van der Waals surface area contributed by atoms with Crippen molar-refractivity contribution < 1.29 is 28.9 Å². The van der Waals surface area contributed by atoms with Gasteiger partial charge in [0, 0.05) is 17.3 Å². The van der Waals surface area contributed by atoms with Crippen molar-refractivity contribution in [3.05, 3.63) is 0 Å². The van der Waals surface area contributed by atoms with Crippen molar-refractivity contribution in [1.29, 1.82) is 0 Å². The second-order valence-electron chi connectivity index (χ2n) is 12.2. The average Bonchev–Trinajstić information content (AvgIpc) is 2.83. The van der Waals surface area contributed by atoms with E-state index in [2.05, 4.69) is 5.32 Å². The first-order valence-electron chi connectivity index (χ1n) is 13.6. The van der Waals surface area contributed by atoms with Crippen LogP contribution in [-0.4, -0.2) is 86.9 Å². The number of nitrogens with zero attached hydrogens (tertiary/aromatic N) is 1. The Morgan fingerprint density at radius 1 is 1.03 bits per heavy atom. The molecule has 10 heteroatoms. The number of carbonyl (C=O) groups excluding carboxylic acids is 2. The smallest absolute Gasteiger partial charge is 0.246 e. The lowest BCUT2D eigenvalue weighted by atomic mass is 9.54. The molecule has 0 spiro atoms. The summed E-state index contributed by atoms with van der Waals surface area (Å²) in [5.41, 5.74) is -2.23. The lowest BCUT2D eigenvalue weighted by Crippen LogP contribution is -2.72. The molecule has 2 amide bonds. The van der Waals surface area contributed by atoms with E-state index in [0.717, 1.165) is 25.7 Å². The number of aliphatic hydroxyl groups excluding tert-OH is 1. The van der Waals surface area contributed by atoms with Crippen LogP contribution in [0.3, 0.4) is 0 Å². The Morgan fingerprint density at radius 3 is 2.31 bits per heavy atom. The summed E-state index contributed by atoms with van der Waals surface area (Å²) in [6.07, 6.45) is 5.22. The second-order valence-corrected chi connectivity index (χ2v) is 13.4. The van der Waals surface area contributed by atoms with E-state index >= 15 is 0 Å². The predicted octanol–water partition coefficient (Wildman–Crippen LogP) is 3.05. The van der Waals surface area contributed by atoms with E-state index in [1.807, 2.05) is 0 Å². The van der Waals surface area contributed by atoms with Gasteiger partial charge in [0.25, 0.3) is 0 Å². The SMILES string of the molecule is O=C(COC1CCC(Cl)C(F)C1)NC12CCC(C(=O)N3CC(O)(C4CCC(Cl)CC4)C3)(CC1)[C@@H](O)C2. The molecule has 6 fully saturated rings. The molecule has 7 nitrogen and oxygen atoms in total. The number of fused-ring (bicyclic) bond motifs is 3. The molecule has 0 aromatic rings. The van der Waals surface area contributed by atoms with Gasteiger partial charge in [0.1, 0.15) is 18.4 Å². The number of likely N-dealkylation sites (tertiary alicyclic amines) is 1. The summed E-state index contributed by atoms with van der Waals surface area (Å²) in [7, 11) is 0. The fourth-order valence-corrected chi connectivity index (χ4v) is 7.93.